The van der Waals surface area contributed by atoms with E-state index < -0.39 is 0 Å². The Morgan fingerprint density at radius 1 is 0.919 bits per heavy atom. The molecule has 8 nitrogen and oxygen atoms in total. The maximum Gasteiger partial charge on any atom is 0.124 e. The van der Waals surface area contributed by atoms with E-state index in [9.17, 15) is 0 Å². The number of ether oxygens (including phenoxy) is 2. The Bertz CT molecular complexity index is 1340. The second-order valence-corrected chi connectivity index (χ2v) is 10.3. The summed E-state index contributed by atoms with van der Waals surface area (Å²) in [6.07, 6.45) is 6.88. The average molecular weight is 501 g/mol. The van der Waals surface area contributed by atoms with E-state index in [-0.39, 0.29) is 0 Å². The maximum atomic E-state index is 5.60. The van der Waals surface area contributed by atoms with Crippen LogP contribution in [-0.4, -0.2) is 65.0 Å². The van der Waals surface area contributed by atoms with Crippen molar-refractivity contribution in [1.29, 1.82) is 0 Å². The molecule has 0 amide bonds. The highest BCUT2D eigenvalue weighted by Crippen LogP contribution is 2.34. The molecule has 0 radical (unpaired) electrons. The minimum absolute atomic E-state index is 0.718. The van der Waals surface area contributed by atoms with Crippen LogP contribution < -0.4 is 14.4 Å². The van der Waals surface area contributed by atoms with Crippen LogP contribution in [0.15, 0.2) is 55.0 Å². The molecule has 1 fully saturated rings. The molecule has 2 aromatic carbocycles. The van der Waals surface area contributed by atoms with Crippen molar-refractivity contribution in [3.63, 3.8) is 0 Å². The van der Waals surface area contributed by atoms with Gasteiger partial charge in [0.1, 0.15) is 11.5 Å². The average Bonchev–Trinajstić information content (AvgIpc) is 3.33. The van der Waals surface area contributed by atoms with Crippen molar-refractivity contribution < 1.29 is 9.47 Å². The van der Waals surface area contributed by atoms with E-state index in [2.05, 4.69) is 58.0 Å². The van der Waals surface area contributed by atoms with Crippen molar-refractivity contribution in [3.05, 3.63) is 55.0 Å². The number of aryl methyl sites for hydroxylation is 1. The molecule has 4 aromatic rings. The number of piperidine rings is 1. The predicted molar refractivity (Wildman–Crippen MR) is 148 cm³/mol. The third-order valence-corrected chi connectivity index (χ3v) is 7.07. The third kappa shape index (κ3) is 5.69. The zero-order valence-corrected chi connectivity index (χ0v) is 22.4. The van der Waals surface area contributed by atoms with Gasteiger partial charge in [0.2, 0.25) is 0 Å². The van der Waals surface area contributed by atoms with Crippen molar-refractivity contribution in [2.75, 3.05) is 45.3 Å². The highest BCUT2D eigenvalue weighted by atomic mass is 16.5. The molecule has 8 heteroatoms. The number of anilines is 2. The second kappa shape index (κ2) is 10.8. The molecule has 0 saturated carbocycles. The zero-order chi connectivity index (χ0) is 25.9. The lowest BCUT2D eigenvalue weighted by Gasteiger charge is -2.36. The van der Waals surface area contributed by atoms with Crippen LogP contribution in [0.1, 0.15) is 20.3 Å². The van der Waals surface area contributed by atoms with Gasteiger partial charge in [0, 0.05) is 74.6 Å². The number of hydrogen-bond donors (Lipinski definition) is 0. The standard InChI is InChI=1S/C29H36N6O2/c1-20-10-21(2)18-34(17-20)8-9-35(24-11-25(36-4)14-26(12-24)37-5)23-6-7-27-28(13-23)32-29(16-30-27)22-15-31-33(3)19-22/h6-7,11-16,19-21H,8-10,17-18H2,1-5H3/t20-,21-/m1/s1. The Morgan fingerprint density at radius 3 is 2.30 bits per heavy atom. The lowest BCUT2D eigenvalue weighted by atomic mass is 9.92. The molecule has 3 heterocycles. The maximum absolute atomic E-state index is 5.60. The molecule has 37 heavy (non-hydrogen) atoms. The molecule has 0 N–H and O–H groups in total. The van der Waals surface area contributed by atoms with Gasteiger partial charge in [-0.2, -0.15) is 5.10 Å². The van der Waals surface area contributed by atoms with Crippen LogP contribution in [0.25, 0.3) is 22.3 Å². The smallest absolute Gasteiger partial charge is 0.124 e. The van der Waals surface area contributed by atoms with E-state index in [0.29, 0.717) is 0 Å². The minimum atomic E-state index is 0.718. The summed E-state index contributed by atoms with van der Waals surface area (Å²) in [5, 5.41) is 4.28. The minimum Gasteiger partial charge on any atom is -0.497 e. The van der Waals surface area contributed by atoms with Crippen LogP contribution in [0.2, 0.25) is 0 Å². The van der Waals surface area contributed by atoms with Gasteiger partial charge in [0.15, 0.2) is 0 Å². The first-order valence-corrected chi connectivity index (χ1v) is 12.9. The summed E-state index contributed by atoms with van der Waals surface area (Å²) >= 11 is 0. The second-order valence-electron chi connectivity index (χ2n) is 10.3. The Kier molecular flexibility index (Phi) is 7.28. The summed E-state index contributed by atoms with van der Waals surface area (Å²) in [6.45, 7) is 8.78. The monoisotopic (exact) mass is 500 g/mol. The van der Waals surface area contributed by atoms with Crippen LogP contribution in [0.5, 0.6) is 11.5 Å². The first-order valence-electron chi connectivity index (χ1n) is 12.9. The van der Waals surface area contributed by atoms with Crippen LogP contribution in [0.3, 0.4) is 0 Å². The van der Waals surface area contributed by atoms with Gasteiger partial charge >= 0.3 is 0 Å². The largest absolute Gasteiger partial charge is 0.497 e. The van der Waals surface area contributed by atoms with Gasteiger partial charge < -0.3 is 19.3 Å². The molecule has 0 aliphatic carbocycles. The summed E-state index contributed by atoms with van der Waals surface area (Å²) in [7, 11) is 5.27. The van der Waals surface area contributed by atoms with Crippen LogP contribution in [0.4, 0.5) is 11.4 Å². The van der Waals surface area contributed by atoms with Gasteiger partial charge in [-0.05, 0) is 36.5 Å². The van der Waals surface area contributed by atoms with E-state index in [1.165, 1.54) is 6.42 Å². The molecule has 5 rings (SSSR count). The Balaban J connectivity index is 1.52. The van der Waals surface area contributed by atoms with E-state index in [0.717, 1.165) is 83.2 Å². The van der Waals surface area contributed by atoms with Crippen molar-refractivity contribution in [3.8, 4) is 22.8 Å². The number of methoxy groups -OCH3 is 2. The normalized spacial score (nSPS) is 18.2. The number of likely N-dealkylation sites (tertiary alicyclic amines) is 1. The summed E-state index contributed by atoms with van der Waals surface area (Å²) < 4.78 is 13.0. The summed E-state index contributed by atoms with van der Waals surface area (Å²) in [5.74, 6) is 2.96. The summed E-state index contributed by atoms with van der Waals surface area (Å²) in [4.78, 5) is 14.5. The molecular weight excluding hydrogens is 464 g/mol. The number of rotatable bonds is 8. The fraction of sp³-hybridized carbons (Fsp3) is 0.414. The number of aromatic nitrogens is 4. The number of hydrogen-bond acceptors (Lipinski definition) is 7. The highest BCUT2D eigenvalue weighted by molar-refractivity contribution is 5.82. The first-order chi connectivity index (χ1) is 17.9. The molecule has 2 aromatic heterocycles. The molecule has 1 aliphatic rings. The molecule has 194 valence electrons. The van der Waals surface area contributed by atoms with E-state index in [1.807, 2.05) is 37.8 Å². The zero-order valence-electron chi connectivity index (χ0n) is 22.4. The SMILES string of the molecule is COc1cc(OC)cc(N(CCN2C[C@H](C)C[C@@H](C)C2)c2ccc3ncc(-c4cnn(C)c4)nc3c2)c1. The van der Waals surface area contributed by atoms with Crippen molar-refractivity contribution in [2.45, 2.75) is 20.3 Å². The number of nitrogens with zero attached hydrogens (tertiary/aromatic N) is 6. The molecular formula is C29H36N6O2. The molecule has 0 spiro atoms. The van der Waals surface area contributed by atoms with Gasteiger partial charge in [-0.15, -0.1) is 0 Å². The summed E-state index contributed by atoms with van der Waals surface area (Å²) in [6, 6.07) is 12.3. The van der Waals surface area contributed by atoms with Crippen LogP contribution >= 0.6 is 0 Å². The quantitative estimate of drug-likeness (QED) is 0.331. The molecule has 1 aliphatic heterocycles. The Labute approximate surface area is 218 Å². The van der Waals surface area contributed by atoms with Crippen LogP contribution in [-0.2, 0) is 7.05 Å². The number of benzene rings is 2. The lowest BCUT2D eigenvalue weighted by molar-refractivity contribution is 0.145. The number of fused-ring (bicyclic) bond motifs is 1. The first kappa shape index (κ1) is 25.0. The van der Waals surface area contributed by atoms with Gasteiger partial charge in [-0.1, -0.05) is 13.8 Å². The van der Waals surface area contributed by atoms with Gasteiger partial charge in [-0.25, -0.2) is 4.98 Å². The Morgan fingerprint density at radius 2 is 1.65 bits per heavy atom. The van der Waals surface area contributed by atoms with Crippen molar-refractivity contribution in [2.24, 2.45) is 18.9 Å². The molecule has 0 bridgehead atoms. The van der Waals surface area contributed by atoms with E-state index in [4.69, 9.17) is 14.5 Å². The van der Waals surface area contributed by atoms with Crippen LogP contribution in [0, 0.1) is 11.8 Å². The third-order valence-electron chi connectivity index (χ3n) is 7.07. The van der Waals surface area contributed by atoms with Crippen molar-refractivity contribution >= 4 is 22.4 Å². The van der Waals surface area contributed by atoms with Gasteiger partial charge in [0.05, 0.1) is 43.3 Å². The van der Waals surface area contributed by atoms with E-state index in [1.54, 1.807) is 18.9 Å². The molecule has 0 unspecified atom stereocenters. The van der Waals surface area contributed by atoms with Crippen molar-refractivity contribution in [1.82, 2.24) is 24.6 Å². The lowest BCUT2D eigenvalue weighted by Crippen LogP contribution is -2.42. The Hall–Kier alpha value is -3.65. The fourth-order valence-corrected chi connectivity index (χ4v) is 5.43. The van der Waals surface area contributed by atoms with Gasteiger partial charge in [-0.3, -0.25) is 9.67 Å². The highest BCUT2D eigenvalue weighted by Gasteiger charge is 2.23. The molecule has 1 saturated heterocycles. The predicted octanol–water partition coefficient (Wildman–Crippen LogP) is 5.16. The van der Waals surface area contributed by atoms with E-state index >= 15 is 0 Å². The topological polar surface area (TPSA) is 68.5 Å². The summed E-state index contributed by atoms with van der Waals surface area (Å²) in [5.41, 5.74) is 5.54. The molecule has 2 atom stereocenters. The fourth-order valence-electron chi connectivity index (χ4n) is 5.43. The van der Waals surface area contributed by atoms with Gasteiger partial charge in [0.25, 0.3) is 0 Å².